The number of sulfonamides is 1. The third kappa shape index (κ3) is 4.45. The summed E-state index contributed by atoms with van der Waals surface area (Å²) in [4.78, 5) is 16.1. The Balaban J connectivity index is 1.77. The van der Waals surface area contributed by atoms with Gasteiger partial charge in [0.25, 0.3) is 5.56 Å². The first-order chi connectivity index (χ1) is 15.3. The summed E-state index contributed by atoms with van der Waals surface area (Å²) >= 11 is 0. The number of aromatic amines is 1. The molecule has 1 saturated carbocycles. The Hall–Kier alpha value is -2.64. The zero-order valence-corrected chi connectivity index (χ0v) is 19.7. The number of benzene rings is 2. The van der Waals surface area contributed by atoms with E-state index in [-0.39, 0.29) is 23.0 Å². The van der Waals surface area contributed by atoms with Crippen molar-refractivity contribution in [3.63, 3.8) is 0 Å². The number of nitrogens with one attached hydrogen (secondary N) is 1. The third-order valence-corrected chi connectivity index (χ3v) is 8.28. The molecule has 4 rings (SSSR count). The van der Waals surface area contributed by atoms with Crippen LogP contribution in [-0.4, -0.2) is 30.9 Å². The molecule has 7 heteroatoms. The standard InChI is InChI=1S/C25H30N2O4S/c1-17-13-18(2)23-15-19(25(28)26-24(23)14-17)16-27(20-7-5-4-6-8-20)32(29,30)22-11-9-21(31-3)10-12-22/h9-15,20H,4-8,16H2,1-3H3,(H,26,28). The quantitative estimate of drug-likeness (QED) is 0.587. The van der Waals surface area contributed by atoms with Crippen molar-refractivity contribution >= 4 is 20.9 Å². The van der Waals surface area contributed by atoms with Gasteiger partial charge < -0.3 is 9.72 Å². The predicted octanol–water partition coefficient (Wildman–Crippen LogP) is 4.68. The van der Waals surface area contributed by atoms with Crippen LogP contribution >= 0.6 is 0 Å². The van der Waals surface area contributed by atoms with Gasteiger partial charge in [-0.2, -0.15) is 4.31 Å². The molecule has 0 spiro atoms. The van der Waals surface area contributed by atoms with E-state index < -0.39 is 10.0 Å². The van der Waals surface area contributed by atoms with Gasteiger partial charge in [-0.15, -0.1) is 0 Å². The second kappa shape index (κ2) is 9.08. The van der Waals surface area contributed by atoms with E-state index >= 15 is 0 Å². The van der Waals surface area contributed by atoms with Crippen molar-refractivity contribution in [2.75, 3.05) is 7.11 Å². The van der Waals surface area contributed by atoms with Gasteiger partial charge in [0, 0.05) is 29.1 Å². The van der Waals surface area contributed by atoms with Crippen LogP contribution in [0.1, 0.15) is 48.8 Å². The molecule has 1 aromatic heterocycles. The number of ether oxygens (including phenoxy) is 1. The van der Waals surface area contributed by atoms with Crippen LogP contribution in [0.3, 0.4) is 0 Å². The number of fused-ring (bicyclic) bond motifs is 1. The Morgan fingerprint density at radius 2 is 1.72 bits per heavy atom. The lowest BCUT2D eigenvalue weighted by Gasteiger charge is -2.33. The molecular weight excluding hydrogens is 424 g/mol. The van der Waals surface area contributed by atoms with E-state index in [9.17, 15) is 13.2 Å². The first-order valence-electron chi connectivity index (χ1n) is 11.1. The minimum atomic E-state index is -3.79. The average Bonchev–Trinajstić information content (AvgIpc) is 2.78. The number of H-pyrrole nitrogens is 1. The number of rotatable bonds is 6. The summed E-state index contributed by atoms with van der Waals surface area (Å²) in [6.45, 7) is 4.05. The number of hydrogen-bond donors (Lipinski definition) is 1. The van der Waals surface area contributed by atoms with Crippen LogP contribution in [0.2, 0.25) is 0 Å². The van der Waals surface area contributed by atoms with E-state index in [0.29, 0.717) is 11.3 Å². The predicted molar refractivity (Wildman–Crippen MR) is 127 cm³/mol. The molecule has 0 atom stereocenters. The van der Waals surface area contributed by atoms with Gasteiger partial charge in [-0.3, -0.25) is 4.79 Å². The molecular formula is C25H30N2O4S. The third-order valence-electron chi connectivity index (χ3n) is 6.36. The maximum Gasteiger partial charge on any atom is 0.252 e. The van der Waals surface area contributed by atoms with Gasteiger partial charge >= 0.3 is 0 Å². The fraction of sp³-hybridized carbons (Fsp3) is 0.400. The topological polar surface area (TPSA) is 79.5 Å². The van der Waals surface area contributed by atoms with Crippen LogP contribution in [0.4, 0.5) is 0 Å². The fourth-order valence-electron chi connectivity index (χ4n) is 4.66. The van der Waals surface area contributed by atoms with Crippen LogP contribution < -0.4 is 10.3 Å². The minimum absolute atomic E-state index is 0.0532. The van der Waals surface area contributed by atoms with Crippen molar-refractivity contribution in [1.82, 2.24) is 9.29 Å². The lowest BCUT2D eigenvalue weighted by atomic mass is 9.95. The average molecular weight is 455 g/mol. The smallest absolute Gasteiger partial charge is 0.252 e. The van der Waals surface area contributed by atoms with Crippen molar-refractivity contribution < 1.29 is 13.2 Å². The summed E-state index contributed by atoms with van der Waals surface area (Å²) in [6, 6.07) is 12.2. The number of hydrogen-bond acceptors (Lipinski definition) is 4. The Morgan fingerprint density at radius 3 is 2.38 bits per heavy atom. The molecule has 0 radical (unpaired) electrons. The summed E-state index contributed by atoms with van der Waals surface area (Å²) in [5, 5.41) is 0.940. The molecule has 1 aliphatic rings. The van der Waals surface area contributed by atoms with Crippen molar-refractivity contribution in [3.8, 4) is 5.75 Å². The van der Waals surface area contributed by atoms with Crippen molar-refractivity contribution in [2.24, 2.45) is 0 Å². The number of aryl methyl sites for hydroxylation is 2. The highest BCUT2D eigenvalue weighted by molar-refractivity contribution is 7.89. The zero-order valence-electron chi connectivity index (χ0n) is 18.8. The van der Waals surface area contributed by atoms with E-state index in [1.54, 1.807) is 31.4 Å². The number of aromatic nitrogens is 1. The van der Waals surface area contributed by atoms with Crippen molar-refractivity contribution in [2.45, 2.75) is 63.4 Å². The molecule has 170 valence electrons. The molecule has 1 N–H and O–H groups in total. The Kier molecular flexibility index (Phi) is 6.40. The first-order valence-corrected chi connectivity index (χ1v) is 12.5. The molecule has 1 heterocycles. The normalized spacial score (nSPS) is 15.4. The molecule has 0 amide bonds. The summed E-state index contributed by atoms with van der Waals surface area (Å²) in [5.74, 6) is 0.602. The lowest BCUT2D eigenvalue weighted by Crippen LogP contribution is -2.42. The zero-order chi connectivity index (χ0) is 22.9. The molecule has 0 saturated heterocycles. The van der Waals surface area contributed by atoms with E-state index in [4.69, 9.17) is 4.74 Å². The summed E-state index contributed by atoms with van der Waals surface area (Å²) < 4.78 is 34.1. The molecule has 0 unspecified atom stereocenters. The molecule has 6 nitrogen and oxygen atoms in total. The Labute approximate surface area is 189 Å². The monoisotopic (exact) mass is 454 g/mol. The number of pyridine rings is 1. The maximum absolute atomic E-state index is 13.7. The van der Waals surface area contributed by atoms with Crippen LogP contribution in [0, 0.1) is 13.8 Å². The summed E-state index contributed by atoms with van der Waals surface area (Å²) in [6.07, 6.45) is 4.71. The second-order valence-electron chi connectivity index (χ2n) is 8.68. The van der Waals surface area contributed by atoms with Gasteiger partial charge in [-0.05, 0) is 74.2 Å². The first kappa shape index (κ1) is 22.6. The minimum Gasteiger partial charge on any atom is -0.497 e. The van der Waals surface area contributed by atoms with E-state index in [2.05, 4.69) is 11.1 Å². The summed E-state index contributed by atoms with van der Waals surface area (Å²) in [7, 11) is -2.24. The fourth-order valence-corrected chi connectivity index (χ4v) is 6.33. The molecule has 2 aromatic carbocycles. The van der Waals surface area contributed by atoms with E-state index in [0.717, 1.165) is 54.1 Å². The molecule has 0 aliphatic heterocycles. The van der Waals surface area contributed by atoms with Crippen LogP contribution in [0.15, 0.2) is 52.2 Å². The Morgan fingerprint density at radius 1 is 1.03 bits per heavy atom. The summed E-state index contributed by atoms with van der Waals surface area (Å²) in [5.41, 5.74) is 3.13. The Bertz CT molecular complexity index is 1270. The highest BCUT2D eigenvalue weighted by Gasteiger charge is 2.33. The van der Waals surface area contributed by atoms with Gasteiger partial charge in [0.1, 0.15) is 5.75 Å². The van der Waals surface area contributed by atoms with Gasteiger partial charge in [0.05, 0.1) is 12.0 Å². The van der Waals surface area contributed by atoms with E-state index in [1.165, 1.54) is 4.31 Å². The highest BCUT2D eigenvalue weighted by atomic mass is 32.2. The van der Waals surface area contributed by atoms with Crippen LogP contribution in [-0.2, 0) is 16.6 Å². The molecule has 3 aromatic rings. The molecule has 0 bridgehead atoms. The largest absolute Gasteiger partial charge is 0.497 e. The van der Waals surface area contributed by atoms with Crippen molar-refractivity contribution in [1.29, 1.82) is 0 Å². The molecule has 1 fully saturated rings. The molecule has 1 aliphatic carbocycles. The number of methoxy groups -OCH3 is 1. The van der Waals surface area contributed by atoms with Crippen LogP contribution in [0.5, 0.6) is 5.75 Å². The maximum atomic E-state index is 13.7. The number of nitrogens with zero attached hydrogens (tertiary/aromatic N) is 1. The SMILES string of the molecule is COc1ccc(S(=O)(=O)N(Cc2cc3c(C)cc(C)cc3[nH]c2=O)C2CCCCC2)cc1. The van der Waals surface area contributed by atoms with E-state index in [1.807, 2.05) is 26.0 Å². The lowest BCUT2D eigenvalue weighted by molar-refractivity contribution is 0.247. The van der Waals surface area contributed by atoms with Gasteiger partial charge in [0.2, 0.25) is 10.0 Å². The highest BCUT2D eigenvalue weighted by Crippen LogP contribution is 2.30. The van der Waals surface area contributed by atoms with Crippen LogP contribution in [0.25, 0.3) is 10.9 Å². The van der Waals surface area contributed by atoms with Gasteiger partial charge in [0.15, 0.2) is 0 Å². The van der Waals surface area contributed by atoms with Gasteiger partial charge in [-0.25, -0.2) is 8.42 Å². The molecule has 32 heavy (non-hydrogen) atoms. The van der Waals surface area contributed by atoms with Crippen molar-refractivity contribution in [3.05, 3.63) is 69.5 Å². The van der Waals surface area contributed by atoms with Gasteiger partial charge in [-0.1, -0.05) is 25.3 Å². The second-order valence-corrected chi connectivity index (χ2v) is 10.6.